The van der Waals surface area contributed by atoms with Gasteiger partial charge in [0.25, 0.3) is 0 Å². The van der Waals surface area contributed by atoms with Crippen LogP contribution in [0.3, 0.4) is 0 Å². The Kier molecular flexibility index (Phi) is 4.40. The maximum atomic E-state index is 11.1. The average molecular weight is 229 g/mol. The Morgan fingerprint density at radius 1 is 1.29 bits per heavy atom. The monoisotopic (exact) mass is 229 g/mol. The molecule has 0 spiro atoms. The van der Waals surface area contributed by atoms with Crippen molar-refractivity contribution >= 4 is 18.4 Å². The van der Waals surface area contributed by atoms with Crippen LogP contribution >= 0.6 is 0 Å². The highest BCUT2D eigenvalue weighted by Crippen LogP contribution is 2.29. The summed E-state index contributed by atoms with van der Waals surface area (Å²) in [5, 5.41) is 9.08. The van der Waals surface area contributed by atoms with E-state index in [1.54, 1.807) is 24.3 Å². The van der Waals surface area contributed by atoms with Crippen LogP contribution in [0.25, 0.3) is 0 Å². The number of aromatic carboxylic acids is 1. The summed E-state index contributed by atoms with van der Waals surface area (Å²) < 4.78 is 0. The van der Waals surface area contributed by atoms with Crippen LogP contribution in [0.5, 0.6) is 0 Å². The van der Waals surface area contributed by atoms with Crippen LogP contribution in [0.2, 0.25) is 0 Å². The lowest BCUT2D eigenvalue weighted by Gasteiger charge is -2.11. The summed E-state index contributed by atoms with van der Waals surface area (Å²) in [5.74, 6) is -0.997. The van der Waals surface area contributed by atoms with E-state index in [1.165, 1.54) is 0 Å². The Balaban J connectivity index is 3.47. The third kappa shape index (κ3) is 2.69. The maximum absolute atomic E-state index is 11.1. The predicted octanol–water partition coefficient (Wildman–Crippen LogP) is 3.17. The lowest BCUT2D eigenvalue weighted by molar-refractivity contribution is 0.0697. The molecule has 0 heterocycles. The molecule has 0 saturated carbocycles. The minimum atomic E-state index is -0.997. The summed E-state index contributed by atoms with van der Waals surface area (Å²) in [7, 11) is 0. The topological polar surface area (TPSA) is 49.7 Å². The maximum Gasteiger partial charge on any atom is 0.337 e. The Morgan fingerprint density at radius 2 is 1.94 bits per heavy atom. The molecule has 0 amide bonds. The van der Waals surface area contributed by atoms with Crippen LogP contribution in [-0.2, 0) is 12.8 Å². The Morgan fingerprint density at radius 3 is 2.41 bits per heavy atom. The van der Waals surface area contributed by atoms with Gasteiger partial charge in [-0.3, -0.25) is 4.99 Å². The molecule has 0 aliphatic carbocycles. The van der Waals surface area contributed by atoms with Gasteiger partial charge in [0.1, 0.15) is 0 Å². The summed E-state index contributed by atoms with van der Waals surface area (Å²) in [6.07, 6.45) is 4.74. The fraction of sp³-hybridized carbons (Fsp3) is 0.143. The van der Waals surface area contributed by atoms with E-state index >= 15 is 0 Å². The lowest BCUT2D eigenvalue weighted by Crippen LogP contribution is -2.02. The molecule has 1 aromatic carbocycles. The molecule has 1 rings (SSSR count). The zero-order chi connectivity index (χ0) is 12.8. The van der Waals surface area contributed by atoms with E-state index < -0.39 is 5.97 Å². The number of allylic oxidation sites excluding steroid dienone is 2. The molecule has 17 heavy (non-hydrogen) atoms. The first kappa shape index (κ1) is 12.9. The molecule has 0 fully saturated rings. The number of benzene rings is 1. The lowest BCUT2D eigenvalue weighted by atomic mass is 9.96. The Bertz CT molecular complexity index is 475. The largest absolute Gasteiger partial charge is 0.478 e. The molecule has 1 aromatic rings. The molecule has 1 N–H and O–H groups in total. The van der Waals surface area contributed by atoms with Gasteiger partial charge in [-0.25, -0.2) is 4.79 Å². The fourth-order valence-electron chi connectivity index (χ4n) is 1.75. The first-order chi connectivity index (χ1) is 8.15. The van der Waals surface area contributed by atoms with Crippen molar-refractivity contribution in [2.75, 3.05) is 0 Å². The number of carboxylic acid groups (broad SMARTS) is 1. The van der Waals surface area contributed by atoms with E-state index in [9.17, 15) is 4.79 Å². The van der Waals surface area contributed by atoms with Gasteiger partial charge < -0.3 is 5.11 Å². The zero-order valence-corrected chi connectivity index (χ0v) is 9.65. The van der Waals surface area contributed by atoms with Crippen LogP contribution in [0.4, 0.5) is 5.69 Å². The molecule has 3 nitrogen and oxygen atoms in total. The quantitative estimate of drug-likeness (QED) is 0.601. The van der Waals surface area contributed by atoms with Crippen molar-refractivity contribution in [2.45, 2.75) is 12.8 Å². The molecule has 0 radical (unpaired) electrons. The summed E-state index contributed by atoms with van der Waals surface area (Å²) in [5.41, 5.74) is 2.46. The normalized spacial score (nSPS) is 9.65. The molecule has 0 atom stereocenters. The van der Waals surface area contributed by atoms with Crippen molar-refractivity contribution in [1.29, 1.82) is 0 Å². The Hall–Kier alpha value is -2.16. The van der Waals surface area contributed by atoms with Crippen LogP contribution < -0.4 is 0 Å². The third-order valence-electron chi connectivity index (χ3n) is 2.48. The molecule has 0 aliphatic heterocycles. The van der Waals surface area contributed by atoms with Crippen LogP contribution in [0.1, 0.15) is 21.5 Å². The summed E-state index contributed by atoms with van der Waals surface area (Å²) in [4.78, 5) is 14.9. The Labute approximate surface area is 101 Å². The van der Waals surface area contributed by atoms with Crippen LogP contribution in [0, 0.1) is 0 Å². The number of carbonyl (C=O) groups is 1. The van der Waals surface area contributed by atoms with Gasteiger partial charge in [-0.15, -0.1) is 13.2 Å². The van der Waals surface area contributed by atoms with Crippen molar-refractivity contribution in [3.05, 3.63) is 54.1 Å². The molecule has 3 heteroatoms. The molecular formula is C14H15NO2. The van der Waals surface area contributed by atoms with Crippen molar-refractivity contribution in [3.63, 3.8) is 0 Å². The van der Waals surface area contributed by atoms with Gasteiger partial charge in [0.2, 0.25) is 0 Å². The third-order valence-corrected chi connectivity index (χ3v) is 2.48. The number of hydrogen-bond acceptors (Lipinski definition) is 2. The minimum absolute atomic E-state index is 0.171. The second-order valence-corrected chi connectivity index (χ2v) is 3.55. The van der Waals surface area contributed by atoms with E-state index in [4.69, 9.17) is 5.11 Å². The molecule has 0 bridgehead atoms. The molecule has 88 valence electrons. The van der Waals surface area contributed by atoms with Crippen molar-refractivity contribution in [3.8, 4) is 0 Å². The second-order valence-electron chi connectivity index (χ2n) is 3.55. The molecule has 0 unspecified atom stereocenters. The van der Waals surface area contributed by atoms with Gasteiger partial charge >= 0.3 is 5.97 Å². The number of aliphatic imine (C=N–C) groups is 1. The fourth-order valence-corrected chi connectivity index (χ4v) is 1.75. The standard InChI is InChI=1S/C14H15NO2/c1-4-6-10-8-9-12(14(16)17)13(15-3)11(10)7-5-2/h4-5,8-9H,1-3,6-7H2,(H,16,17). The smallest absolute Gasteiger partial charge is 0.337 e. The van der Waals surface area contributed by atoms with Gasteiger partial charge in [-0.1, -0.05) is 18.2 Å². The summed E-state index contributed by atoms with van der Waals surface area (Å²) in [6.45, 7) is 10.8. The molecular weight excluding hydrogens is 214 g/mol. The van der Waals surface area contributed by atoms with E-state index in [0.29, 0.717) is 18.5 Å². The number of carboxylic acids is 1. The highest BCUT2D eigenvalue weighted by molar-refractivity contribution is 5.95. The minimum Gasteiger partial charge on any atom is -0.478 e. The highest BCUT2D eigenvalue weighted by atomic mass is 16.4. The molecule has 0 aliphatic rings. The number of hydrogen-bond donors (Lipinski definition) is 1. The summed E-state index contributed by atoms with van der Waals surface area (Å²) in [6, 6.07) is 3.34. The number of rotatable bonds is 6. The summed E-state index contributed by atoms with van der Waals surface area (Å²) >= 11 is 0. The average Bonchev–Trinajstić information content (AvgIpc) is 2.31. The molecule has 0 aromatic heterocycles. The zero-order valence-electron chi connectivity index (χ0n) is 9.65. The predicted molar refractivity (Wildman–Crippen MR) is 70.4 cm³/mol. The highest BCUT2D eigenvalue weighted by Gasteiger charge is 2.15. The van der Waals surface area contributed by atoms with Crippen molar-refractivity contribution in [1.82, 2.24) is 0 Å². The van der Waals surface area contributed by atoms with Crippen molar-refractivity contribution in [2.24, 2.45) is 4.99 Å². The molecule has 0 saturated heterocycles. The second kappa shape index (κ2) is 5.80. The van der Waals surface area contributed by atoms with E-state index in [2.05, 4.69) is 24.9 Å². The van der Waals surface area contributed by atoms with Gasteiger partial charge in [-0.2, -0.15) is 0 Å². The SMILES string of the molecule is C=CCc1ccc(C(=O)O)c(N=C)c1CC=C. The van der Waals surface area contributed by atoms with Crippen LogP contribution in [-0.4, -0.2) is 17.8 Å². The van der Waals surface area contributed by atoms with E-state index in [-0.39, 0.29) is 5.56 Å². The van der Waals surface area contributed by atoms with Gasteiger partial charge in [0.15, 0.2) is 0 Å². The van der Waals surface area contributed by atoms with Gasteiger partial charge in [0, 0.05) is 0 Å². The van der Waals surface area contributed by atoms with Crippen LogP contribution in [0.15, 0.2) is 42.4 Å². The van der Waals surface area contributed by atoms with E-state index in [1.807, 2.05) is 0 Å². The van der Waals surface area contributed by atoms with Crippen molar-refractivity contribution < 1.29 is 9.90 Å². The van der Waals surface area contributed by atoms with Gasteiger partial charge in [-0.05, 0) is 36.8 Å². The first-order valence-electron chi connectivity index (χ1n) is 5.22. The van der Waals surface area contributed by atoms with Gasteiger partial charge in [0.05, 0.1) is 11.3 Å². The number of nitrogens with zero attached hydrogens (tertiary/aromatic N) is 1. The van der Waals surface area contributed by atoms with E-state index in [0.717, 1.165) is 11.1 Å². The first-order valence-corrected chi connectivity index (χ1v) is 5.22.